The van der Waals surface area contributed by atoms with Gasteiger partial charge in [-0.3, -0.25) is 14.4 Å². The minimum absolute atomic E-state index is 0.0982. The van der Waals surface area contributed by atoms with Crippen molar-refractivity contribution in [2.45, 2.75) is 26.3 Å². The summed E-state index contributed by atoms with van der Waals surface area (Å²) in [5.74, 6) is -2.82. The van der Waals surface area contributed by atoms with Crippen LogP contribution in [0.1, 0.15) is 31.9 Å². The van der Waals surface area contributed by atoms with E-state index in [0.29, 0.717) is 0 Å². The van der Waals surface area contributed by atoms with E-state index in [-0.39, 0.29) is 18.0 Å². The topological polar surface area (TPSA) is 120 Å². The lowest BCUT2D eigenvalue weighted by molar-refractivity contribution is -0.148. The van der Waals surface area contributed by atoms with Gasteiger partial charge in [-0.1, -0.05) is 30.3 Å². The minimum atomic E-state index is -1.21. The van der Waals surface area contributed by atoms with Gasteiger partial charge in [0, 0.05) is 12.6 Å². The normalized spacial score (nSPS) is 12.4. The van der Waals surface area contributed by atoms with Gasteiger partial charge >= 0.3 is 5.97 Å². The van der Waals surface area contributed by atoms with E-state index in [0.717, 1.165) is 5.56 Å². The zero-order valence-corrected chi connectivity index (χ0v) is 13.5. The number of benzene rings is 1. The molecular weight excluding hydrogens is 310 g/mol. The number of Topliss-reactive ketones (excluding diaryl/α,β-unsaturated/α-hetero) is 1. The Kier molecular flexibility index (Phi) is 7.30. The Bertz CT molecular complexity index is 664. The van der Waals surface area contributed by atoms with Crippen LogP contribution in [0, 0.1) is 22.7 Å². The first-order valence-electron chi connectivity index (χ1n) is 7.30. The molecule has 126 valence electrons. The molecule has 0 spiro atoms. The molecule has 1 aromatic carbocycles. The highest BCUT2D eigenvalue weighted by molar-refractivity contribution is 6.06. The van der Waals surface area contributed by atoms with Gasteiger partial charge in [0.05, 0.1) is 18.5 Å². The van der Waals surface area contributed by atoms with Crippen LogP contribution in [0.2, 0.25) is 0 Å². The van der Waals surface area contributed by atoms with Gasteiger partial charge in [0.15, 0.2) is 12.4 Å². The van der Waals surface area contributed by atoms with Crippen LogP contribution in [0.3, 0.4) is 0 Å². The molecule has 0 aliphatic rings. The Hall–Kier alpha value is -3.01. The molecule has 7 nitrogen and oxygen atoms in total. The number of nitriles is 1. The number of rotatable bonds is 8. The lowest BCUT2D eigenvalue weighted by Crippen LogP contribution is -2.30. The molecule has 1 unspecified atom stereocenters. The highest BCUT2D eigenvalue weighted by atomic mass is 16.5. The average molecular weight is 329 g/mol. The van der Waals surface area contributed by atoms with Gasteiger partial charge in [-0.25, -0.2) is 0 Å². The van der Waals surface area contributed by atoms with Crippen LogP contribution < -0.4 is 5.32 Å². The van der Waals surface area contributed by atoms with E-state index in [4.69, 9.17) is 15.4 Å². The molecule has 1 rings (SSSR count). The monoisotopic (exact) mass is 329 g/mol. The number of nitrogens with one attached hydrogen (secondary N) is 2. The van der Waals surface area contributed by atoms with E-state index in [2.05, 4.69) is 5.32 Å². The predicted octanol–water partition coefficient (Wildman–Crippen LogP) is 1.55. The molecule has 0 saturated heterocycles. The van der Waals surface area contributed by atoms with E-state index >= 15 is 0 Å². The molecule has 0 saturated carbocycles. The van der Waals surface area contributed by atoms with Crippen LogP contribution in [0.25, 0.3) is 0 Å². The first kappa shape index (κ1) is 19.0. The molecule has 0 aliphatic carbocycles. The van der Waals surface area contributed by atoms with Gasteiger partial charge in [-0.05, 0) is 12.5 Å². The van der Waals surface area contributed by atoms with Crippen molar-refractivity contribution in [1.82, 2.24) is 5.32 Å². The maximum absolute atomic E-state index is 11.9. The predicted molar refractivity (Wildman–Crippen MR) is 86.1 cm³/mol. The summed E-state index contributed by atoms with van der Waals surface area (Å²) in [4.78, 5) is 35.0. The Balaban J connectivity index is 2.66. The molecule has 0 aliphatic heterocycles. The molecule has 1 aromatic rings. The van der Waals surface area contributed by atoms with Gasteiger partial charge in [-0.15, -0.1) is 0 Å². The van der Waals surface area contributed by atoms with E-state index in [1.165, 1.54) is 13.8 Å². The van der Waals surface area contributed by atoms with Gasteiger partial charge in [0.25, 0.3) is 0 Å². The van der Waals surface area contributed by atoms with Crippen molar-refractivity contribution < 1.29 is 19.1 Å². The maximum Gasteiger partial charge on any atom is 0.308 e. The van der Waals surface area contributed by atoms with Gasteiger partial charge < -0.3 is 15.5 Å². The Labute approximate surface area is 140 Å². The molecule has 1 amide bonds. The number of nitrogens with zero attached hydrogens (tertiary/aromatic N) is 1. The summed E-state index contributed by atoms with van der Waals surface area (Å²) in [5, 5.41) is 18.8. The molecule has 2 atom stereocenters. The lowest BCUT2D eigenvalue weighted by atomic mass is 10.0. The zero-order chi connectivity index (χ0) is 18.1. The molecule has 0 heterocycles. The number of amides is 1. The minimum Gasteiger partial charge on any atom is -0.458 e. The summed E-state index contributed by atoms with van der Waals surface area (Å²) in [6, 6.07) is 10.0. The van der Waals surface area contributed by atoms with Crippen molar-refractivity contribution in [1.29, 1.82) is 10.7 Å². The third-order valence-electron chi connectivity index (χ3n) is 3.21. The van der Waals surface area contributed by atoms with Crippen LogP contribution in [0.15, 0.2) is 30.3 Å². The van der Waals surface area contributed by atoms with Gasteiger partial charge in [0.1, 0.15) is 5.92 Å². The second-order valence-electron chi connectivity index (χ2n) is 5.24. The molecule has 24 heavy (non-hydrogen) atoms. The van der Waals surface area contributed by atoms with Crippen LogP contribution in [0.5, 0.6) is 0 Å². The number of ether oxygens (including phenoxy) is 1. The average Bonchev–Trinajstić information content (AvgIpc) is 2.53. The van der Waals surface area contributed by atoms with E-state index in [1.807, 2.05) is 6.07 Å². The smallest absolute Gasteiger partial charge is 0.308 e. The number of ketones is 1. The molecular formula is C17H19N3O4. The van der Waals surface area contributed by atoms with Crippen LogP contribution in [-0.2, 0) is 19.1 Å². The highest BCUT2D eigenvalue weighted by Crippen LogP contribution is 2.17. The first-order chi connectivity index (χ1) is 11.3. The van der Waals surface area contributed by atoms with Gasteiger partial charge in [0.2, 0.25) is 5.91 Å². The number of carbonyl (C=O) groups is 3. The summed E-state index contributed by atoms with van der Waals surface area (Å²) < 4.78 is 4.88. The van der Waals surface area contributed by atoms with E-state index in [9.17, 15) is 14.4 Å². The van der Waals surface area contributed by atoms with E-state index in [1.54, 1.807) is 30.3 Å². The van der Waals surface area contributed by atoms with Gasteiger partial charge in [-0.2, -0.15) is 5.26 Å². The molecule has 0 radical (unpaired) electrons. The molecule has 0 fully saturated rings. The molecule has 0 bridgehead atoms. The maximum atomic E-state index is 11.9. The van der Waals surface area contributed by atoms with Crippen LogP contribution in [-0.4, -0.2) is 30.0 Å². The number of carbonyl (C=O) groups excluding carboxylic acids is 3. The Morgan fingerprint density at radius 2 is 1.88 bits per heavy atom. The van der Waals surface area contributed by atoms with Crippen molar-refractivity contribution in [3.8, 4) is 6.07 Å². The largest absolute Gasteiger partial charge is 0.458 e. The van der Waals surface area contributed by atoms with E-state index < -0.39 is 30.3 Å². The molecule has 0 aromatic heterocycles. The number of esters is 1. The summed E-state index contributed by atoms with van der Waals surface area (Å²) in [7, 11) is 0. The fourth-order valence-electron chi connectivity index (χ4n) is 2.05. The van der Waals surface area contributed by atoms with Crippen molar-refractivity contribution in [2.75, 3.05) is 6.61 Å². The molecule has 7 heteroatoms. The second-order valence-corrected chi connectivity index (χ2v) is 5.24. The number of hydrogen-bond donors (Lipinski definition) is 2. The Morgan fingerprint density at radius 1 is 1.25 bits per heavy atom. The highest BCUT2D eigenvalue weighted by Gasteiger charge is 2.23. The third kappa shape index (κ3) is 6.01. The molecule has 2 N–H and O–H groups in total. The summed E-state index contributed by atoms with van der Waals surface area (Å²) in [5.41, 5.74) is 0.639. The third-order valence-corrected chi connectivity index (χ3v) is 3.21. The summed E-state index contributed by atoms with van der Waals surface area (Å²) >= 11 is 0. The first-order valence-corrected chi connectivity index (χ1v) is 7.30. The standard InChI is InChI=1S/C17H19N3O4/c1-11(19)14(9-18)16(22)10-24-17(23)8-15(20-12(2)21)13-6-4-3-5-7-13/h3-7,14-15,19H,8,10H2,1-2H3,(H,20,21)/t14?,15-/m0/s1. The van der Waals surface area contributed by atoms with Crippen molar-refractivity contribution in [3.05, 3.63) is 35.9 Å². The summed E-state index contributed by atoms with van der Waals surface area (Å²) in [6.07, 6.45) is -0.141. The van der Waals surface area contributed by atoms with Crippen molar-refractivity contribution >= 4 is 23.4 Å². The van der Waals surface area contributed by atoms with Crippen molar-refractivity contribution in [3.63, 3.8) is 0 Å². The summed E-state index contributed by atoms with van der Waals surface area (Å²) in [6.45, 7) is 2.11. The van der Waals surface area contributed by atoms with Crippen LogP contribution in [0.4, 0.5) is 0 Å². The fraction of sp³-hybridized carbons (Fsp3) is 0.353. The Morgan fingerprint density at radius 3 is 2.38 bits per heavy atom. The van der Waals surface area contributed by atoms with Crippen LogP contribution >= 0.6 is 0 Å². The quantitative estimate of drug-likeness (QED) is 0.554. The second kappa shape index (κ2) is 9.20. The lowest BCUT2D eigenvalue weighted by Gasteiger charge is -2.17. The van der Waals surface area contributed by atoms with Crippen molar-refractivity contribution in [2.24, 2.45) is 5.92 Å². The SMILES string of the molecule is CC(=N)C(C#N)C(=O)COC(=O)C[C@H](NC(C)=O)c1ccccc1. The number of hydrogen-bond acceptors (Lipinski definition) is 6. The fourth-order valence-corrected chi connectivity index (χ4v) is 2.05. The zero-order valence-electron chi connectivity index (χ0n) is 13.5.